The molecule has 1 amide bonds. The number of rotatable bonds is 6. The summed E-state index contributed by atoms with van der Waals surface area (Å²) < 4.78 is 41.7. The van der Waals surface area contributed by atoms with E-state index in [1.165, 1.54) is 13.2 Å². The first-order valence-electron chi connectivity index (χ1n) is 11.4. The zero-order valence-corrected chi connectivity index (χ0v) is 21.0. The van der Waals surface area contributed by atoms with E-state index in [0.29, 0.717) is 5.69 Å². The topological polar surface area (TPSA) is 185 Å². The summed E-state index contributed by atoms with van der Waals surface area (Å²) in [5, 5.41) is 22.8. The quantitative estimate of drug-likeness (QED) is 0.259. The number of nitrogens with one attached hydrogen (secondary N) is 2. The summed E-state index contributed by atoms with van der Waals surface area (Å²) in [6, 6.07) is 6.65. The molecule has 1 saturated heterocycles. The Morgan fingerprint density at radius 2 is 1.95 bits per heavy atom. The molecule has 198 valence electrons. The maximum atomic E-state index is 14.0. The van der Waals surface area contributed by atoms with Gasteiger partial charge in [0.2, 0.25) is 5.91 Å². The second-order valence-electron chi connectivity index (χ2n) is 8.73. The number of nitrogens with zero attached hydrogens (tertiary/aromatic N) is 6. The van der Waals surface area contributed by atoms with Gasteiger partial charge < -0.3 is 20.8 Å². The Labute approximate surface area is 215 Å². The number of carbonyl (C=O) groups is 1. The molecule has 0 spiro atoms. The van der Waals surface area contributed by atoms with Gasteiger partial charge in [0.05, 0.1) is 24.8 Å². The fourth-order valence-corrected chi connectivity index (χ4v) is 6.70. The van der Waals surface area contributed by atoms with Gasteiger partial charge in [0.1, 0.15) is 18.0 Å². The van der Waals surface area contributed by atoms with Gasteiger partial charge in [-0.3, -0.25) is 19.3 Å². The molecule has 0 aromatic carbocycles. The van der Waals surface area contributed by atoms with Gasteiger partial charge in [-0.05, 0) is 25.1 Å². The number of fused-ring (bicyclic) bond motifs is 1. The minimum atomic E-state index is -4.46. The minimum absolute atomic E-state index is 0.000708. The standard InChI is InChI=1S/C23H23FN8O5S/c1-11-4-3-5-14(29-11)9-27-20-15-21(31-19(30-20)12-6-13(24)8-26-7-12)32(10-28-15)23-17(34)16(33)18(22(35)25-2)38(23,36)37/h3-8,10,16-18,23,33-34H,9H2,1-2H3,(H,25,35)(H,27,30,31)/t16-,17+,18-,23+/m0/s1. The lowest BCUT2D eigenvalue weighted by molar-refractivity contribution is -0.123. The van der Waals surface area contributed by atoms with Gasteiger partial charge in [-0.1, -0.05) is 6.07 Å². The van der Waals surface area contributed by atoms with Crippen LogP contribution in [0.4, 0.5) is 10.2 Å². The molecule has 4 N–H and O–H groups in total. The number of aryl methyl sites for hydroxylation is 1. The molecule has 1 fully saturated rings. The third-order valence-corrected chi connectivity index (χ3v) is 8.57. The van der Waals surface area contributed by atoms with Crippen molar-refractivity contribution < 1.29 is 27.8 Å². The Bertz CT molecular complexity index is 1650. The number of anilines is 1. The summed E-state index contributed by atoms with van der Waals surface area (Å²) in [7, 11) is -3.23. The van der Waals surface area contributed by atoms with Crippen molar-refractivity contribution in [2.24, 2.45) is 0 Å². The van der Waals surface area contributed by atoms with Crippen LogP contribution in [0.15, 0.2) is 43.0 Å². The van der Waals surface area contributed by atoms with Gasteiger partial charge in [0, 0.05) is 24.5 Å². The Morgan fingerprint density at radius 3 is 2.66 bits per heavy atom. The molecule has 5 heterocycles. The molecule has 0 unspecified atom stereocenters. The van der Waals surface area contributed by atoms with Crippen LogP contribution in [0.25, 0.3) is 22.6 Å². The maximum absolute atomic E-state index is 14.0. The van der Waals surface area contributed by atoms with E-state index in [1.54, 1.807) is 6.07 Å². The number of aliphatic hydroxyl groups is 2. The van der Waals surface area contributed by atoms with E-state index in [2.05, 4.69) is 35.6 Å². The number of hydrogen-bond donors (Lipinski definition) is 4. The summed E-state index contributed by atoms with van der Waals surface area (Å²) in [6.45, 7) is 2.07. The smallest absolute Gasteiger partial charge is 0.240 e. The third-order valence-electron chi connectivity index (χ3n) is 6.19. The van der Waals surface area contributed by atoms with Crippen molar-refractivity contribution in [1.82, 2.24) is 34.8 Å². The number of aliphatic hydroxyl groups excluding tert-OH is 2. The number of carbonyl (C=O) groups excluding carboxylic acids is 1. The lowest BCUT2D eigenvalue weighted by atomic mass is 10.1. The first-order valence-corrected chi connectivity index (χ1v) is 13.0. The van der Waals surface area contributed by atoms with Crippen molar-refractivity contribution in [3.63, 3.8) is 0 Å². The van der Waals surface area contributed by atoms with E-state index in [4.69, 9.17) is 0 Å². The van der Waals surface area contributed by atoms with E-state index >= 15 is 0 Å². The van der Waals surface area contributed by atoms with Gasteiger partial charge in [-0.25, -0.2) is 27.8 Å². The third kappa shape index (κ3) is 4.33. The Balaban J connectivity index is 1.65. The molecular formula is C23H23FN8O5S. The minimum Gasteiger partial charge on any atom is -0.388 e. The van der Waals surface area contributed by atoms with Crippen molar-refractivity contribution in [2.75, 3.05) is 12.4 Å². The molecule has 1 aliphatic rings. The first kappa shape index (κ1) is 25.6. The molecule has 13 nitrogen and oxygen atoms in total. The van der Waals surface area contributed by atoms with Crippen molar-refractivity contribution in [3.8, 4) is 11.4 Å². The largest absolute Gasteiger partial charge is 0.388 e. The summed E-state index contributed by atoms with van der Waals surface area (Å²) >= 11 is 0. The van der Waals surface area contributed by atoms with E-state index in [0.717, 1.165) is 28.9 Å². The molecule has 0 radical (unpaired) electrons. The van der Waals surface area contributed by atoms with Gasteiger partial charge in [0.15, 0.2) is 43.3 Å². The van der Waals surface area contributed by atoms with Crippen LogP contribution in [0, 0.1) is 12.7 Å². The second-order valence-corrected chi connectivity index (χ2v) is 10.9. The molecule has 0 bridgehead atoms. The Morgan fingerprint density at radius 1 is 1.16 bits per heavy atom. The van der Waals surface area contributed by atoms with Crippen LogP contribution in [0.2, 0.25) is 0 Å². The maximum Gasteiger partial charge on any atom is 0.240 e. The molecule has 5 rings (SSSR count). The predicted molar refractivity (Wildman–Crippen MR) is 133 cm³/mol. The molecule has 4 aromatic rings. The number of halogens is 1. The molecule has 0 saturated carbocycles. The average molecular weight is 543 g/mol. The number of sulfone groups is 1. The number of imidazole rings is 1. The Hall–Kier alpha value is -4.08. The van der Waals surface area contributed by atoms with Gasteiger partial charge in [-0.15, -0.1) is 0 Å². The molecule has 15 heteroatoms. The van der Waals surface area contributed by atoms with Crippen molar-refractivity contribution in [2.45, 2.75) is 36.3 Å². The van der Waals surface area contributed by atoms with Crippen molar-refractivity contribution >= 4 is 32.7 Å². The molecule has 38 heavy (non-hydrogen) atoms. The van der Waals surface area contributed by atoms with Crippen LogP contribution in [-0.2, 0) is 21.2 Å². The van der Waals surface area contributed by atoms with Crippen LogP contribution in [-0.4, -0.2) is 78.5 Å². The number of aromatic nitrogens is 6. The van der Waals surface area contributed by atoms with Crippen LogP contribution < -0.4 is 10.6 Å². The van der Waals surface area contributed by atoms with Gasteiger partial charge in [-0.2, -0.15) is 0 Å². The van der Waals surface area contributed by atoms with Crippen LogP contribution >= 0.6 is 0 Å². The highest BCUT2D eigenvalue weighted by molar-refractivity contribution is 7.93. The van der Waals surface area contributed by atoms with E-state index < -0.39 is 44.4 Å². The highest BCUT2D eigenvalue weighted by atomic mass is 32.2. The molecule has 1 aliphatic heterocycles. The summed E-state index contributed by atoms with van der Waals surface area (Å²) in [5.74, 6) is -1.41. The lowest BCUT2D eigenvalue weighted by Gasteiger charge is -2.17. The second kappa shape index (κ2) is 9.66. The predicted octanol–water partition coefficient (Wildman–Crippen LogP) is 0.106. The Kier molecular flexibility index (Phi) is 6.50. The fourth-order valence-electron chi connectivity index (χ4n) is 4.42. The fraction of sp³-hybridized carbons (Fsp3) is 0.304. The molecule has 4 aromatic heterocycles. The van der Waals surface area contributed by atoms with E-state index in [1.807, 2.05) is 19.1 Å². The number of pyridine rings is 2. The lowest BCUT2D eigenvalue weighted by Crippen LogP contribution is -2.43. The average Bonchev–Trinajstić information content (AvgIpc) is 3.37. The van der Waals surface area contributed by atoms with Crippen LogP contribution in [0.3, 0.4) is 0 Å². The molecule has 0 aliphatic carbocycles. The van der Waals surface area contributed by atoms with E-state index in [9.17, 15) is 27.8 Å². The summed E-state index contributed by atoms with van der Waals surface area (Å²) in [4.78, 5) is 33.6. The van der Waals surface area contributed by atoms with Gasteiger partial charge >= 0.3 is 0 Å². The van der Waals surface area contributed by atoms with Crippen molar-refractivity contribution in [1.29, 1.82) is 0 Å². The molecular weight excluding hydrogens is 519 g/mol. The zero-order valence-electron chi connectivity index (χ0n) is 20.1. The highest BCUT2D eigenvalue weighted by Gasteiger charge is 2.58. The first-order chi connectivity index (χ1) is 18.1. The summed E-state index contributed by atoms with van der Waals surface area (Å²) in [5.41, 5.74) is 1.81. The van der Waals surface area contributed by atoms with Gasteiger partial charge in [0.25, 0.3) is 0 Å². The van der Waals surface area contributed by atoms with Crippen LogP contribution in [0.5, 0.6) is 0 Å². The zero-order chi connectivity index (χ0) is 27.2. The van der Waals surface area contributed by atoms with Crippen molar-refractivity contribution in [3.05, 3.63) is 60.2 Å². The monoisotopic (exact) mass is 542 g/mol. The summed E-state index contributed by atoms with van der Waals surface area (Å²) in [6.07, 6.45) is -0.268. The molecule has 4 atom stereocenters. The highest BCUT2D eigenvalue weighted by Crippen LogP contribution is 2.38. The SMILES string of the molecule is CNC(=O)[C@@H]1[C@@H](O)[C@@H](O)[C@H](n2cnc3c(NCc4cccc(C)n4)nc(-c4cncc(F)c4)nc32)S1(=O)=O. The number of hydrogen-bond acceptors (Lipinski definition) is 11. The van der Waals surface area contributed by atoms with Crippen LogP contribution in [0.1, 0.15) is 16.8 Å². The normalized spacial score (nSPS) is 22.4. The van der Waals surface area contributed by atoms with E-state index in [-0.39, 0.29) is 34.9 Å². The number of amides is 1.